The van der Waals surface area contributed by atoms with Crippen LogP contribution in [0, 0.1) is 6.92 Å². The van der Waals surface area contributed by atoms with E-state index in [0.717, 1.165) is 11.3 Å². The van der Waals surface area contributed by atoms with Crippen LogP contribution < -0.4 is 5.32 Å². The summed E-state index contributed by atoms with van der Waals surface area (Å²) in [5.74, 6) is -1.23. The molecule has 0 bridgehead atoms. The van der Waals surface area contributed by atoms with Gasteiger partial charge >= 0.3 is 5.97 Å². The standard InChI is InChI=1S/C11H17N3O3/c1-7(9-6-12-14(3)8(9)2)13-10(15)4-5-11(16)17/h6-7H,4-5H2,1-3H3,(H,13,15)(H,16,17)/t7-/m1/s1. The highest BCUT2D eigenvalue weighted by molar-refractivity contribution is 5.80. The summed E-state index contributed by atoms with van der Waals surface area (Å²) in [5.41, 5.74) is 1.92. The van der Waals surface area contributed by atoms with Crippen molar-refractivity contribution in [2.24, 2.45) is 7.05 Å². The molecule has 17 heavy (non-hydrogen) atoms. The van der Waals surface area contributed by atoms with Crippen LogP contribution in [0.25, 0.3) is 0 Å². The van der Waals surface area contributed by atoms with Gasteiger partial charge in [-0.1, -0.05) is 0 Å². The van der Waals surface area contributed by atoms with E-state index in [2.05, 4.69) is 10.4 Å². The molecule has 0 aliphatic rings. The van der Waals surface area contributed by atoms with Crippen molar-refractivity contribution in [2.75, 3.05) is 0 Å². The number of carboxylic acids is 1. The number of hydrogen-bond acceptors (Lipinski definition) is 3. The van der Waals surface area contributed by atoms with Gasteiger partial charge in [0, 0.05) is 24.7 Å². The summed E-state index contributed by atoms with van der Waals surface area (Å²) in [6.07, 6.45) is 1.56. The molecule has 6 heteroatoms. The molecule has 1 amide bonds. The summed E-state index contributed by atoms with van der Waals surface area (Å²) in [6.45, 7) is 3.77. The Kier molecular flexibility index (Phi) is 4.25. The summed E-state index contributed by atoms with van der Waals surface area (Å²) in [5, 5.41) is 15.3. The lowest BCUT2D eigenvalue weighted by Gasteiger charge is -2.13. The molecule has 1 aromatic rings. The van der Waals surface area contributed by atoms with Gasteiger partial charge in [-0.15, -0.1) is 0 Å². The topological polar surface area (TPSA) is 84.2 Å². The molecule has 0 aliphatic carbocycles. The van der Waals surface area contributed by atoms with Gasteiger partial charge in [-0.3, -0.25) is 14.3 Å². The monoisotopic (exact) mass is 239 g/mol. The molecule has 0 spiro atoms. The molecule has 0 aliphatic heterocycles. The molecular formula is C11H17N3O3. The SMILES string of the molecule is Cc1c([C@@H](C)NC(=O)CCC(=O)O)cnn1C. The molecule has 1 rings (SSSR count). The molecule has 0 aromatic carbocycles. The van der Waals surface area contributed by atoms with Gasteiger partial charge in [0.15, 0.2) is 0 Å². The highest BCUT2D eigenvalue weighted by atomic mass is 16.4. The van der Waals surface area contributed by atoms with Crippen molar-refractivity contribution in [3.63, 3.8) is 0 Å². The van der Waals surface area contributed by atoms with E-state index in [1.54, 1.807) is 10.9 Å². The second kappa shape index (κ2) is 5.47. The van der Waals surface area contributed by atoms with Gasteiger partial charge in [0.1, 0.15) is 0 Å². The van der Waals surface area contributed by atoms with Crippen LogP contribution in [0.1, 0.15) is 37.1 Å². The van der Waals surface area contributed by atoms with Crippen LogP contribution in [0.3, 0.4) is 0 Å². The van der Waals surface area contributed by atoms with Gasteiger partial charge in [-0.2, -0.15) is 5.10 Å². The number of carbonyl (C=O) groups excluding carboxylic acids is 1. The Morgan fingerprint density at radius 2 is 2.18 bits per heavy atom. The van der Waals surface area contributed by atoms with Crippen molar-refractivity contribution in [3.8, 4) is 0 Å². The number of aryl methyl sites for hydroxylation is 1. The maximum Gasteiger partial charge on any atom is 0.303 e. The minimum absolute atomic E-state index is 0.00101. The molecule has 94 valence electrons. The summed E-state index contributed by atoms with van der Waals surface area (Å²) < 4.78 is 1.73. The van der Waals surface area contributed by atoms with E-state index in [0.29, 0.717) is 0 Å². The van der Waals surface area contributed by atoms with Crippen LogP contribution in [0.5, 0.6) is 0 Å². The first kappa shape index (κ1) is 13.2. The first-order valence-electron chi connectivity index (χ1n) is 5.41. The third-order valence-corrected chi connectivity index (χ3v) is 2.68. The van der Waals surface area contributed by atoms with Crippen LogP contribution >= 0.6 is 0 Å². The number of nitrogens with one attached hydrogen (secondary N) is 1. The van der Waals surface area contributed by atoms with Gasteiger partial charge in [0.25, 0.3) is 0 Å². The average molecular weight is 239 g/mol. The summed E-state index contributed by atoms with van der Waals surface area (Å²) in [6, 6.07) is -0.162. The molecule has 0 unspecified atom stereocenters. The van der Waals surface area contributed by atoms with E-state index >= 15 is 0 Å². The zero-order valence-corrected chi connectivity index (χ0v) is 10.2. The highest BCUT2D eigenvalue weighted by Crippen LogP contribution is 2.15. The number of aromatic nitrogens is 2. The third kappa shape index (κ3) is 3.58. The summed E-state index contributed by atoms with van der Waals surface area (Å²) in [4.78, 5) is 21.8. The van der Waals surface area contributed by atoms with Crippen LogP contribution in [0.15, 0.2) is 6.20 Å². The summed E-state index contributed by atoms with van der Waals surface area (Å²) in [7, 11) is 1.83. The van der Waals surface area contributed by atoms with Gasteiger partial charge in [0.05, 0.1) is 18.7 Å². The van der Waals surface area contributed by atoms with Crippen molar-refractivity contribution >= 4 is 11.9 Å². The lowest BCUT2D eigenvalue weighted by atomic mass is 10.1. The Bertz CT molecular complexity index is 426. The fourth-order valence-corrected chi connectivity index (χ4v) is 1.55. The molecule has 0 fully saturated rings. The maximum absolute atomic E-state index is 11.4. The smallest absolute Gasteiger partial charge is 0.303 e. The highest BCUT2D eigenvalue weighted by Gasteiger charge is 2.14. The predicted octanol–water partition coefficient (Wildman–Crippen LogP) is 0.771. The number of carbonyl (C=O) groups is 2. The second-order valence-electron chi connectivity index (χ2n) is 3.99. The van der Waals surface area contributed by atoms with E-state index in [1.165, 1.54) is 0 Å². The van der Waals surface area contributed by atoms with Gasteiger partial charge in [0.2, 0.25) is 5.91 Å². The number of aliphatic carboxylic acids is 1. The molecular weight excluding hydrogens is 222 g/mol. The van der Waals surface area contributed by atoms with Crippen molar-refractivity contribution in [1.29, 1.82) is 0 Å². The van der Waals surface area contributed by atoms with Gasteiger partial charge in [-0.05, 0) is 13.8 Å². The Balaban J connectivity index is 2.54. The normalized spacial score (nSPS) is 12.2. The number of rotatable bonds is 5. The van der Waals surface area contributed by atoms with Crippen molar-refractivity contribution < 1.29 is 14.7 Å². The molecule has 1 aromatic heterocycles. The Morgan fingerprint density at radius 1 is 1.53 bits per heavy atom. The minimum atomic E-state index is -0.967. The van der Waals surface area contributed by atoms with Crippen molar-refractivity contribution in [2.45, 2.75) is 32.7 Å². The minimum Gasteiger partial charge on any atom is -0.481 e. The van der Waals surface area contributed by atoms with Crippen molar-refractivity contribution in [3.05, 3.63) is 17.5 Å². The molecule has 0 saturated carbocycles. The van der Waals surface area contributed by atoms with Gasteiger partial charge < -0.3 is 10.4 Å². The van der Waals surface area contributed by atoms with E-state index in [9.17, 15) is 9.59 Å². The quantitative estimate of drug-likeness (QED) is 0.795. The Hall–Kier alpha value is -1.85. The first-order chi connectivity index (χ1) is 7.91. The largest absolute Gasteiger partial charge is 0.481 e. The lowest BCUT2D eigenvalue weighted by molar-refractivity contribution is -0.138. The number of amides is 1. The Morgan fingerprint density at radius 3 is 2.65 bits per heavy atom. The molecule has 0 radical (unpaired) electrons. The molecule has 1 heterocycles. The van der Waals surface area contributed by atoms with Gasteiger partial charge in [-0.25, -0.2) is 0 Å². The van der Waals surface area contributed by atoms with Crippen LogP contribution in [0.2, 0.25) is 0 Å². The molecule has 2 N–H and O–H groups in total. The molecule has 6 nitrogen and oxygen atoms in total. The molecule has 0 saturated heterocycles. The zero-order valence-electron chi connectivity index (χ0n) is 10.2. The zero-order chi connectivity index (χ0) is 13.0. The Labute approximate surface area is 99.6 Å². The predicted molar refractivity (Wildman–Crippen MR) is 61.4 cm³/mol. The average Bonchev–Trinajstić information content (AvgIpc) is 2.57. The van der Waals surface area contributed by atoms with E-state index < -0.39 is 5.97 Å². The number of carboxylic acid groups (broad SMARTS) is 1. The first-order valence-corrected chi connectivity index (χ1v) is 5.41. The van der Waals surface area contributed by atoms with E-state index in [1.807, 2.05) is 20.9 Å². The van der Waals surface area contributed by atoms with Crippen molar-refractivity contribution in [1.82, 2.24) is 15.1 Å². The lowest BCUT2D eigenvalue weighted by Crippen LogP contribution is -2.27. The van der Waals surface area contributed by atoms with Crippen LogP contribution in [-0.4, -0.2) is 26.8 Å². The van der Waals surface area contributed by atoms with Crippen LogP contribution in [0.4, 0.5) is 0 Å². The van der Waals surface area contributed by atoms with E-state index in [-0.39, 0.29) is 24.8 Å². The third-order valence-electron chi connectivity index (χ3n) is 2.68. The fraction of sp³-hybridized carbons (Fsp3) is 0.545. The molecule has 1 atom stereocenters. The second-order valence-corrected chi connectivity index (χ2v) is 3.99. The number of nitrogens with zero attached hydrogens (tertiary/aromatic N) is 2. The maximum atomic E-state index is 11.4. The van der Waals surface area contributed by atoms with Crippen LogP contribution in [-0.2, 0) is 16.6 Å². The van der Waals surface area contributed by atoms with E-state index in [4.69, 9.17) is 5.11 Å². The summed E-state index contributed by atoms with van der Waals surface area (Å²) >= 11 is 0. The number of hydrogen-bond donors (Lipinski definition) is 2. The fourth-order valence-electron chi connectivity index (χ4n) is 1.55.